The van der Waals surface area contributed by atoms with Gasteiger partial charge in [-0.1, -0.05) is 23.7 Å². The van der Waals surface area contributed by atoms with E-state index in [4.69, 9.17) is 11.6 Å². The van der Waals surface area contributed by atoms with Crippen molar-refractivity contribution in [3.63, 3.8) is 0 Å². The molecule has 0 aliphatic heterocycles. The summed E-state index contributed by atoms with van der Waals surface area (Å²) in [5, 5.41) is 20.9. The number of aromatic nitrogens is 4. The van der Waals surface area contributed by atoms with E-state index in [1.54, 1.807) is 24.3 Å². The first-order valence-electron chi connectivity index (χ1n) is 5.21. The predicted molar refractivity (Wildman–Crippen MR) is 65.2 cm³/mol. The molecule has 0 atom stereocenters. The van der Waals surface area contributed by atoms with Crippen LogP contribution in [0.2, 0.25) is 5.02 Å². The highest BCUT2D eigenvalue weighted by Gasteiger charge is 2.33. The van der Waals surface area contributed by atoms with E-state index in [-0.39, 0.29) is 0 Å². The molecule has 0 aliphatic carbocycles. The number of tetrazole rings is 1. The predicted octanol–water partition coefficient (Wildman–Crippen LogP) is 1.81. The summed E-state index contributed by atoms with van der Waals surface area (Å²) in [5.41, 5.74) is -0.567. The molecule has 0 aliphatic rings. The molecule has 2 rings (SSSR count). The molecular weight excluding hydrogens is 256 g/mol. The van der Waals surface area contributed by atoms with Gasteiger partial charge in [0.2, 0.25) is 0 Å². The van der Waals surface area contributed by atoms with Gasteiger partial charge in [-0.2, -0.15) is 0 Å². The van der Waals surface area contributed by atoms with Gasteiger partial charge in [0.05, 0.1) is 0 Å². The van der Waals surface area contributed by atoms with Crippen LogP contribution in [-0.2, 0) is 10.3 Å². The van der Waals surface area contributed by atoms with E-state index in [1.807, 2.05) is 0 Å². The minimum absolute atomic E-state index is 0.366. The Hall–Kier alpha value is -1.95. The molecule has 0 radical (unpaired) electrons. The van der Waals surface area contributed by atoms with Gasteiger partial charge >= 0.3 is 5.97 Å². The zero-order valence-corrected chi connectivity index (χ0v) is 10.6. The lowest BCUT2D eigenvalue weighted by atomic mass is 10.1. The topological polar surface area (TPSA) is 80.9 Å². The maximum Gasteiger partial charge on any atom is 0.331 e. The van der Waals surface area contributed by atoms with Crippen LogP contribution in [0.3, 0.4) is 0 Å². The number of benzene rings is 1. The molecule has 2 aromatic rings. The van der Waals surface area contributed by atoms with Gasteiger partial charge in [0.25, 0.3) is 0 Å². The molecule has 1 aromatic carbocycles. The van der Waals surface area contributed by atoms with Crippen molar-refractivity contribution in [2.45, 2.75) is 19.4 Å². The van der Waals surface area contributed by atoms with E-state index in [1.165, 1.54) is 18.5 Å². The Kier molecular flexibility index (Phi) is 3.04. The van der Waals surface area contributed by atoms with Gasteiger partial charge in [0.1, 0.15) is 0 Å². The first kappa shape index (κ1) is 12.5. The van der Waals surface area contributed by atoms with Gasteiger partial charge in [0.15, 0.2) is 11.4 Å². The minimum atomic E-state index is -1.23. The van der Waals surface area contributed by atoms with Gasteiger partial charge in [-0.15, -0.1) is 5.10 Å². The SMILES string of the molecule is CC(C)(C(=O)O)n1nnnc1-c1cccc(Cl)c1. The van der Waals surface area contributed by atoms with Crippen molar-refractivity contribution in [3.8, 4) is 11.4 Å². The number of hydrogen-bond acceptors (Lipinski definition) is 4. The highest BCUT2D eigenvalue weighted by atomic mass is 35.5. The molecule has 94 valence electrons. The summed E-state index contributed by atoms with van der Waals surface area (Å²) in [4.78, 5) is 11.2. The van der Waals surface area contributed by atoms with Gasteiger partial charge in [0, 0.05) is 10.6 Å². The molecule has 1 heterocycles. The third-order valence-corrected chi connectivity index (χ3v) is 2.84. The van der Waals surface area contributed by atoms with Gasteiger partial charge in [-0.25, -0.2) is 9.48 Å². The maximum absolute atomic E-state index is 11.2. The number of carboxylic acid groups (broad SMARTS) is 1. The lowest BCUT2D eigenvalue weighted by molar-refractivity contribution is -0.146. The fourth-order valence-electron chi connectivity index (χ4n) is 1.46. The average molecular weight is 267 g/mol. The van der Waals surface area contributed by atoms with Crippen LogP contribution in [0.15, 0.2) is 24.3 Å². The van der Waals surface area contributed by atoms with Crippen LogP contribution >= 0.6 is 11.6 Å². The highest BCUT2D eigenvalue weighted by molar-refractivity contribution is 6.30. The number of rotatable bonds is 3. The number of hydrogen-bond donors (Lipinski definition) is 1. The molecule has 0 bridgehead atoms. The zero-order chi connectivity index (χ0) is 13.3. The first-order chi connectivity index (χ1) is 8.43. The Labute approximate surface area is 108 Å². The van der Waals surface area contributed by atoms with Crippen molar-refractivity contribution in [3.05, 3.63) is 29.3 Å². The van der Waals surface area contributed by atoms with E-state index >= 15 is 0 Å². The Morgan fingerprint density at radius 3 is 2.78 bits per heavy atom. The summed E-state index contributed by atoms with van der Waals surface area (Å²) in [6.45, 7) is 3.06. The fourth-order valence-corrected chi connectivity index (χ4v) is 1.65. The van der Waals surface area contributed by atoms with E-state index in [0.29, 0.717) is 16.4 Å². The number of carbonyl (C=O) groups is 1. The van der Waals surface area contributed by atoms with Crippen molar-refractivity contribution in [1.29, 1.82) is 0 Å². The molecule has 0 saturated carbocycles. The van der Waals surface area contributed by atoms with Crippen molar-refractivity contribution >= 4 is 17.6 Å². The van der Waals surface area contributed by atoms with Crippen molar-refractivity contribution < 1.29 is 9.90 Å². The number of carboxylic acids is 1. The lowest BCUT2D eigenvalue weighted by Gasteiger charge is -2.20. The summed E-state index contributed by atoms with van der Waals surface area (Å²) in [7, 11) is 0. The van der Waals surface area contributed by atoms with Crippen molar-refractivity contribution in [2.24, 2.45) is 0 Å². The average Bonchev–Trinajstić information content (AvgIpc) is 2.78. The van der Waals surface area contributed by atoms with Crippen LogP contribution in [0.4, 0.5) is 0 Å². The second-order valence-corrected chi connectivity index (χ2v) is 4.73. The quantitative estimate of drug-likeness (QED) is 0.916. The van der Waals surface area contributed by atoms with Gasteiger partial charge in [-0.05, 0) is 36.4 Å². The summed E-state index contributed by atoms with van der Waals surface area (Å²) >= 11 is 5.90. The second kappa shape index (κ2) is 4.38. The molecule has 0 saturated heterocycles. The maximum atomic E-state index is 11.2. The molecule has 1 aromatic heterocycles. The normalized spacial score (nSPS) is 11.5. The third kappa shape index (κ3) is 2.06. The summed E-state index contributed by atoms with van der Waals surface area (Å²) in [6, 6.07) is 6.93. The van der Waals surface area contributed by atoms with Crippen LogP contribution in [-0.4, -0.2) is 31.3 Å². The van der Waals surface area contributed by atoms with Gasteiger partial charge in [-0.3, -0.25) is 0 Å². The third-order valence-electron chi connectivity index (χ3n) is 2.61. The molecule has 0 unspecified atom stereocenters. The van der Waals surface area contributed by atoms with Crippen LogP contribution in [0.25, 0.3) is 11.4 Å². The largest absolute Gasteiger partial charge is 0.479 e. The molecular formula is C11H11ClN4O2. The standard InChI is InChI=1S/C11H11ClN4O2/c1-11(2,10(17)18)16-9(13-14-15-16)7-4-3-5-8(12)6-7/h3-6H,1-2H3,(H,17,18). The number of aliphatic carboxylic acids is 1. The first-order valence-corrected chi connectivity index (χ1v) is 5.59. The van der Waals surface area contributed by atoms with Crippen molar-refractivity contribution in [2.75, 3.05) is 0 Å². The Balaban J connectivity index is 2.55. The molecule has 18 heavy (non-hydrogen) atoms. The molecule has 0 fully saturated rings. The van der Waals surface area contributed by atoms with Crippen LogP contribution in [0.5, 0.6) is 0 Å². The van der Waals surface area contributed by atoms with Crippen LogP contribution in [0, 0.1) is 0 Å². The van der Waals surface area contributed by atoms with Crippen LogP contribution < -0.4 is 0 Å². The smallest absolute Gasteiger partial charge is 0.331 e. The molecule has 1 N–H and O–H groups in total. The Morgan fingerprint density at radius 2 is 2.17 bits per heavy atom. The highest BCUT2D eigenvalue weighted by Crippen LogP contribution is 2.24. The van der Waals surface area contributed by atoms with Gasteiger partial charge < -0.3 is 5.11 Å². The zero-order valence-electron chi connectivity index (χ0n) is 9.83. The lowest BCUT2D eigenvalue weighted by Crippen LogP contribution is -2.37. The summed E-state index contributed by atoms with van der Waals surface area (Å²) in [5.74, 6) is -0.650. The number of nitrogens with zero attached hydrogens (tertiary/aromatic N) is 4. The minimum Gasteiger partial charge on any atom is -0.479 e. The number of halogens is 1. The molecule has 7 heteroatoms. The fraction of sp³-hybridized carbons (Fsp3) is 0.273. The molecule has 6 nitrogen and oxygen atoms in total. The van der Waals surface area contributed by atoms with Crippen molar-refractivity contribution in [1.82, 2.24) is 20.2 Å². The second-order valence-electron chi connectivity index (χ2n) is 4.29. The molecule has 0 spiro atoms. The van der Waals surface area contributed by atoms with E-state index < -0.39 is 11.5 Å². The molecule has 0 amide bonds. The van der Waals surface area contributed by atoms with E-state index in [2.05, 4.69) is 15.5 Å². The summed E-state index contributed by atoms with van der Waals surface area (Å²) in [6.07, 6.45) is 0. The Bertz CT molecular complexity index is 594. The monoisotopic (exact) mass is 266 g/mol. The van der Waals surface area contributed by atoms with Crippen LogP contribution in [0.1, 0.15) is 13.8 Å². The van der Waals surface area contributed by atoms with E-state index in [9.17, 15) is 9.90 Å². The summed E-state index contributed by atoms with van der Waals surface area (Å²) < 4.78 is 1.26. The van der Waals surface area contributed by atoms with E-state index in [0.717, 1.165) is 0 Å². The Morgan fingerprint density at radius 1 is 1.44 bits per heavy atom.